The molecule has 10 rings (SSSR count). The second-order valence-corrected chi connectivity index (χ2v) is 17.3. The van der Waals surface area contributed by atoms with E-state index in [9.17, 15) is 32.8 Å². The van der Waals surface area contributed by atoms with E-state index in [0.29, 0.717) is 53.5 Å². The topological polar surface area (TPSA) is 181 Å². The molecule has 4 aromatic carbocycles. The monoisotopic (exact) mass is 871 g/mol. The zero-order valence-electron chi connectivity index (χ0n) is 34.9. The minimum absolute atomic E-state index is 0.0726. The molecular formula is C47H47F2N9O6. The van der Waals surface area contributed by atoms with Crippen LogP contribution in [0.15, 0.2) is 72.8 Å². The van der Waals surface area contributed by atoms with Crippen molar-refractivity contribution < 1.29 is 37.5 Å². The predicted molar refractivity (Wildman–Crippen MR) is 235 cm³/mol. The van der Waals surface area contributed by atoms with E-state index in [1.807, 2.05) is 36.4 Å². The van der Waals surface area contributed by atoms with Crippen molar-refractivity contribution in [2.45, 2.75) is 69.1 Å². The largest absolute Gasteiger partial charge is 0.381 e. The number of amides is 5. The van der Waals surface area contributed by atoms with Crippen LogP contribution in [0.3, 0.4) is 0 Å². The Labute approximate surface area is 366 Å². The average molecular weight is 872 g/mol. The lowest BCUT2D eigenvalue weighted by Gasteiger charge is -2.44. The van der Waals surface area contributed by atoms with Crippen molar-refractivity contribution in [3.63, 3.8) is 0 Å². The number of piperidine rings is 2. The molecule has 1 unspecified atom stereocenters. The molecule has 15 nitrogen and oxygen atoms in total. The van der Waals surface area contributed by atoms with Crippen LogP contribution in [0.25, 0.3) is 10.9 Å². The standard InChI is InChI=1S/C47H47F2N9O6/c48-28-18-27(19-29(49)21-28)17-26-1-6-39-38(20-26)43(55-54-39)53-44(60)36-5-3-34(23-40(36)51-31-11-15-64-16-12-31)56-13-9-30(10-14-56)50-32-24-57(25-32)33-2-4-35-37(22-33)47(63)58(46(35)62)41-7-8-42(59)52-45(41)61/h1-6,18-23,30-32,41,50-51H,7-17,24-25H2,(H,52,59,61)(H2,53,54,55,60). The highest BCUT2D eigenvalue weighted by molar-refractivity contribution is 6.23. The summed E-state index contributed by atoms with van der Waals surface area (Å²) >= 11 is 0. The summed E-state index contributed by atoms with van der Waals surface area (Å²) in [5.74, 6) is -3.30. The molecule has 330 valence electrons. The van der Waals surface area contributed by atoms with Gasteiger partial charge in [0.1, 0.15) is 17.7 Å². The summed E-state index contributed by atoms with van der Waals surface area (Å²) in [4.78, 5) is 70.1. The first kappa shape index (κ1) is 41.3. The maximum Gasteiger partial charge on any atom is 0.262 e. The van der Waals surface area contributed by atoms with Crippen molar-refractivity contribution in [3.8, 4) is 0 Å². The van der Waals surface area contributed by atoms with Crippen molar-refractivity contribution in [3.05, 3.63) is 112 Å². The lowest BCUT2D eigenvalue weighted by atomic mass is 9.99. The predicted octanol–water partition coefficient (Wildman–Crippen LogP) is 5.12. The molecule has 0 bridgehead atoms. The van der Waals surface area contributed by atoms with E-state index in [4.69, 9.17) is 4.74 Å². The van der Waals surface area contributed by atoms with Crippen molar-refractivity contribution >= 4 is 63.3 Å². The van der Waals surface area contributed by atoms with E-state index in [1.54, 1.807) is 12.1 Å². The van der Waals surface area contributed by atoms with Crippen LogP contribution in [0.4, 0.5) is 31.7 Å². The lowest BCUT2D eigenvalue weighted by Crippen LogP contribution is -2.61. The van der Waals surface area contributed by atoms with Crippen LogP contribution in [-0.2, 0) is 20.7 Å². The number of imide groups is 2. The minimum atomic E-state index is -0.998. The maximum atomic E-state index is 14.0. The van der Waals surface area contributed by atoms with E-state index < -0.39 is 41.3 Å². The van der Waals surface area contributed by atoms with Gasteiger partial charge in [0.05, 0.1) is 22.2 Å². The number of halogens is 2. The van der Waals surface area contributed by atoms with Gasteiger partial charge in [-0.25, -0.2) is 8.78 Å². The van der Waals surface area contributed by atoms with Gasteiger partial charge in [-0.3, -0.25) is 39.3 Å². The molecule has 1 aromatic heterocycles. The van der Waals surface area contributed by atoms with Gasteiger partial charge in [0.2, 0.25) is 11.8 Å². The SMILES string of the molecule is O=C1CCC(N2C(=O)c3ccc(N4CC(NC5CCN(c6ccc(C(=O)Nc7n[nH]c8ccc(Cc9cc(F)cc(F)c9)cc78)c(NC7CCOCC7)c6)CC5)C4)cc3C2=O)C(=O)N1. The molecule has 64 heavy (non-hydrogen) atoms. The van der Waals surface area contributed by atoms with Gasteiger partial charge in [-0.2, -0.15) is 5.10 Å². The number of carbonyl (C=O) groups excluding carboxylic acids is 5. The van der Waals surface area contributed by atoms with Crippen LogP contribution in [-0.4, -0.2) is 108 Å². The highest BCUT2D eigenvalue weighted by Crippen LogP contribution is 2.34. The molecule has 17 heteroatoms. The number of hydrogen-bond donors (Lipinski definition) is 5. The summed E-state index contributed by atoms with van der Waals surface area (Å²) in [5, 5.41) is 20.7. The normalized spacial score (nSPS) is 19.8. The number of hydrogen-bond acceptors (Lipinski definition) is 11. The number of aromatic nitrogens is 2. The molecule has 1 atom stereocenters. The number of nitrogens with one attached hydrogen (secondary N) is 5. The Bertz CT molecular complexity index is 2670. The molecule has 5 aliphatic heterocycles. The molecule has 6 heterocycles. The lowest BCUT2D eigenvalue weighted by molar-refractivity contribution is -0.136. The number of H-pyrrole nitrogens is 1. The third-order valence-corrected chi connectivity index (χ3v) is 13.0. The van der Waals surface area contributed by atoms with Gasteiger partial charge in [0, 0.05) is 92.5 Å². The fraction of sp³-hybridized carbons (Fsp3) is 0.362. The highest BCUT2D eigenvalue weighted by Gasteiger charge is 2.45. The van der Waals surface area contributed by atoms with Crippen molar-refractivity contribution in [2.24, 2.45) is 0 Å². The number of carbonyl (C=O) groups is 5. The van der Waals surface area contributed by atoms with Crippen LogP contribution < -0.4 is 31.1 Å². The maximum absolute atomic E-state index is 14.0. The zero-order chi connectivity index (χ0) is 44.1. The Morgan fingerprint density at radius 1 is 0.750 bits per heavy atom. The van der Waals surface area contributed by atoms with Crippen molar-refractivity contribution in [1.82, 2.24) is 25.7 Å². The van der Waals surface area contributed by atoms with E-state index in [-0.39, 0.29) is 42.0 Å². The molecule has 5 aliphatic rings. The molecular weight excluding hydrogens is 825 g/mol. The van der Waals surface area contributed by atoms with E-state index in [2.05, 4.69) is 47.3 Å². The van der Waals surface area contributed by atoms with Gasteiger partial charge in [0.25, 0.3) is 17.7 Å². The van der Waals surface area contributed by atoms with Crippen molar-refractivity contribution in [1.29, 1.82) is 0 Å². The second kappa shape index (κ2) is 17.1. The molecule has 0 aliphatic carbocycles. The fourth-order valence-electron chi connectivity index (χ4n) is 9.59. The summed E-state index contributed by atoms with van der Waals surface area (Å²) in [5.41, 5.74) is 5.63. The van der Waals surface area contributed by atoms with Gasteiger partial charge in [-0.05, 0) is 110 Å². The number of anilines is 4. The number of rotatable bonds is 11. The van der Waals surface area contributed by atoms with E-state index >= 15 is 0 Å². The summed E-state index contributed by atoms with van der Waals surface area (Å²) in [6, 6.07) is 19.8. The van der Waals surface area contributed by atoms with Gasteiger partial charge in [-0.1, -0.05) is 6.07 Å². The van der Waals surface area contributed by atoms with Crippen LogP contribution in [0.5, 0.6) is 0 Å². The molecule has 0 spiro atoms. The zero-order valence-corrected chi connectivity index (χ0v) is 34.9. The Hall–Kier alpha value is -6.72. The average Bonchev–Trinajstić information content (AvgIpc) is 3.77. The van der Waals surface area contributed by atoms with Gasteiger partial charge in [0.15, 0.2) is 5.82 Å². The summed E-state index contributed by atoms with van der Waals surface area (Å²) in [6.45, 7) is 4.42. The summed E-state index contributed by atoms with van der Waals surface area (Å²) in [7, 11) is 0. The smallest absolute Gasteiger partial charge is 0.262 e. The summed E-state index contributed by atoms with van der Waals surface area (Å²) in [6.07, 6.45) is 3.98. The molecule has 5 N–H and O–H groups in total. The molecule has 4 fully saturated rings. The Morgan fingerprint density at radius 2 is 1.48 bits per heavy atom. The highest BCUT2D eigenvalue weighted by atomic mass is 19.1. The van der Waals surface area contributed by atoms with Crippen molar-refractivity contribution in [2.75, 3.05) is 59.8 Å². The molecule has 5 amide bonds. The number of benzene rings is 4. The van der Waals surface area contributed by atoms with Gasteiger partial charge >= 0.3 is 0 Å². The number of ether oxygens (including phenoxy) is 1. The quantitative estimate of drug-likeness (QED) is 0.111. The minimum Gasteiger partial charge on any atom is -0.381 e. The van der Waals surface area contributed by atoms with E-state index in [0.717, 1.165) is 85.5 Å². The first-order chi connectivity index (χ1) is 31.0. The van der Waals surface area contributed by atoms with Crippen LogP contribution in [0.2, 0.25) is 0 Å². The number of fused-ring (bicyclic) bond motifs is 2. The first-order valence-electron chi connectivity index (χ1n) is 21.9. The third-order valence-electron chi connectivity index (χ3n) is 13.0. The molecule has 0 radical (unpaired) electrons. The second-order valence-electron chi connectivity index (χ2n) is 17.3. The van der Waals surface area contributed by atoms with Crippen LogP contribution in [0.1, 0.15) is 80.7 Å². The Kier molecular flexibility index (Phi) is 11.0. The first-order valence-corrected chi connectivity index (χ1v) is 21.9. The number of nitrogens with zero attached hydrogens (tertiary/aromatic N) is 4. The third kappa shape index (κ3) is 8.28. The molecule has 5 aromatic rings. The Morgan fingerprint density at radius 3 is 2.25 bits per heavy atom. The van der Waals surface area contributed by atoms with Gasteiger partial charge < -0.3 is 30.5 Å². The van der Waals surface area contributed by atoms with Crippen LogP contribution in [0, 0.1) is 11.6 Å². The Balaban J connectivity index is 0.765. The van der Waals surface area contributed by atoms with Gasteiger partial charge in [-0.15, -0.1) is 0 Å². The molecule has 4 saturated heterocycles. The van der Waals surface area contributed by atoms with Crippen LogP contribution >= 0.6 is 0 Å². The fourth-order valence-corrected chi connectivity index (χ4v) is 9.59. The summed E-state index contributed by atoms with van der Waals surface area (Å²) < 4.78 is 33.4. The molecule has 0 saturated carbocycles. The number of aromatic amines is 1. The van der Waals surface area contributed by atoms with E-state index in [1.165, 1.54) is 12.1 Å².